The zero-order valence-electron chi connectivity index (χ0n) is 13.2. The predicted molar refractivity (Wildman–Crippen MR) is 88.4 cm³/mol. The molecule has 2 aromatic carbocycles. The molecule has 6 heteroatoms. The van der Waals surface area contributed by atoms with Crippen LogP contribution in [-0.2, 0) is 11.3 Å². The minimum atomic E-state index is -0.873. The third-order valence-electron chi connectivity index (χ3n) is 3.50. The molecule has 0 spiro atoms. The number of methoxy groups -OCH3 is 1. The van der Waals surface area contributed by atoms with Gasteiger partial charge in [-0.05, 0) is 43.2 Å². The second kappa shape index (κ2) is 7.35. The van der Waals surface area contributed by atoms with Gasteiger partial charge in [-0.3, -0.25) is 5.21 Å². The van der Waals surface area contributed by atoms with Crippen LogP contribution in [0.1, 0.15) is 16.7 Å². The van der Waals surface area contributed by atoms with E-state index in [9.17, 15) is 10.0 Å². The number of hydrogen-bond acceptors (Lipinski definition) is 4. The highest BCUT2D eigenvalue weighted by Crippen LogP contribution is 2.29. The molecule has 0 unspecified atom stereocenters. The zero-order chi connectivity index (χ0) is 17.0. The summed E-state index contributed by atoms with van der Waals surface area (Å²) in [6, 6.07) is 10.5. The molecule has 0 aliphatic heterocycles. The Morgan fingerprint density at radius 3 is 2.57 bits per heavy atom. The van der Waals surface area contributed by atoms with Crippen molar-refractivity contribution in [3.05, 3.63) is 58.1 Å². The van der Waals surface area contributed by atoms with Crippen LogP contribution < -0.4 is 9.80 Å². The number of ether oxygens (including phenoxy) is 2. The van der Waals surface area contributed by atoms with Gasteiger partial charge in [0.15, 0.2) is 0 Å². The van der Waals surface area contributed by atoms with Crippen LogP contribution in [0.25, 0.3) is 0 Å². The summed E-state index contributed by atoms with van der Waals surface area (Å²) < 4.78 is 10.2. The largest absolute Gasteiger partial charge is 0.487 e. The Labute approximate surface area is 140 Å². The smallest absolute Gasteiger partial charge is 0.438 e. The van der Waals surface area contributed by atoms with Crippen LogP contribution in [0.15, 0.2) is 36.4 Å². The quantitative estimate of drug-likeness (QED) is 0.660. The van der Waals surface area contributed by atoms with Crippen molar-refractivity contribution >= 4 is 23.4 Å². The van der Waals surface area contributed by atoms with Gasteiger partial charge in [-0.25, -0.2) is 4.79 Å². The number of hydrogen-bond donors (Lipinski definition) is 1. The van der Waals surface area contributed by atoms with Crippen molar-refractivity contribution in [3.8, 4) is 5.75 Å². The second-order valence-electron chi connectivity index (χ2n) is 5.07. The first kappa shape index (κ1) is 17.1. The Bertz CT molecular complexity index is 718. The lowest BCUT2D eigenvalue weighted by molar-refractivity contribution is 0.140. The van der Waals surface area contributed by atoms with Gasteiger partial charge >= 0.3 is 6.09 Å². The molecule has 5 nitrogen and oxygen atoms in total. The molecule has 23 heavy (non-hydrogen) atoms. The first-order chi connectivity index (χ1) is 10.9. The Morgan fingerprint density at radius 1 is 1.22 bits per heavy atom. The Balaban J connectivity index is 2.22. The summed E-state index contributed by atoms with van der Waals surface area (Å²) >= 11 is 6.18. The number of para-hydroxylation sites is 1. The number of benzene rings is 2. The average Bonchev–Trinajstić information content (AvgIpc) is 2.55. The first-order valence-corrected chi connectivity index (χ1v) is 7.36. The molecule has 1 N–H and O–H groups in total. The van der Waals surface area contributed by atoms with Crippen LogP contribution in [0.5, 0.6) is 5.75 Å². The lowest BCUT2D eigenvalue weighted by Crippen LogP contribution is -2.27. The number of halogens is 1. The molecule has 0 radical (unpaired) electrons. The number of carbonyl (C=O) groups excluding carboxylic acids is 1. The number of nitrogens with zero attached hydrogens (tertiary/aromatic N) is 1. The number of aryl methyl sites for hydroxylation is 2. The van der Waals surface area contributed by atoms with E-state index in [4.69, 9.17) is 16.3 Å². The summed E-state index contributed by atoms with van der Waals surface area (Å²) in [7, 11) is 1.19. The molecule has 0 aliphatic rings. The van der Waals surface area contributed by atoms with Crippen molar-refractivity contribution in [2.45, 2.75) is 20.5 Å². The van der Waals surface area contributed by atoms with E-state index < -0.39 is 6.09 Å². The van der Waals surface area contributed by atoms with Crippen LogP contribution in [0.2, 0.25) is 5.02 Å². The molecule has 0 aliphatic carbocycles. The van der Waals surface area contributed by atoms with Crippen LogP contribution in [0, 0.1) is 13.8 Å². The van der Waals surface area contributed by atoms with Gasteiger partial charge in [0.25, 0.3) is 0 Å². The van der Waals surface area contributed by atoms with Crippen molar-refractivity contribution in [1.82, 2.24) is 0 Å². The summed E-state index contributed by atoms with van der Waals surface area (Å²) in [5.41, 5.74) is 3.06. The molecule has 0 saturated heterocycles. The van der Waals surface area contributed by atoms with Gasteiger partial charge in [-0.2, -0.15) is 5.06 Å². The zero-order valence-corrected chi connectivity index (χ0v) is 13.9. The fraction of sp³-hybridized carbons (Fsp3) is 0.235. The van der Waals surface area contributed by atoms with Crippen LogP contribution in [0.3, 0.4) is 0 Å². The topological polar surface area (TPSA) is 59.0 Å². The van der Waals surface area contributed by atoms with Crippen molar-refractivity contribution in [3.63, 3.8) is 0 Å². The van der Waals surface area contributed by atoms with Crippen LogP contribution in [-0.4, -0.2) is 18.4 Å². The molecule has 0 heterocycles. The van der Waals surface area contributed by atoms with Crippen molar-refractivity contribution in [1.29, 1.82) is 0 Å². The monoisotopic (exact) mass is 335 g/mol. The lowest BCUT2D eigenvalue weighted by atomic mass is 10.1. The van der Waals surface area contributed by atoms with E-state index in [1.807, 2.05) is 26.0 Å². The number of amides is 1. The minimum absolute atomic E-state index is 0.145. The van der Waals surface area contributed by atoms with Gasteiger partial charge in [0.1, 0.15) is 12.4 Å². The van der Waals surface area contributed by atoms with E-state index in [1.165, 1.54) is 7.11 Å². The summed E-state index contributed by atoms with van der Waals surface area (Å²) in [6.45, 7) is 4.09. The Kier molecular flexibility index (Phi) is 5.47. The molecule has 0 bridgehead atoms. The molecule has 1 amide bonds. The highest BCUT2D eigenvalue weighted by atomic mass is 35.5. The third-order valence-corrected chi connectivity index (χ3v) is 3.79. The van der Waals surface area contributed by atoms with Crippen LogP contribution in [0.4, 0.5) is 10.5 Å². The molecule has 2 rings (SSSR count). The summed E-state index contributed by atoms with van der Waals surface area (Å²) in [5, 5.41) is 10.8. The van der Waals surface area contributed by atoms with Gasteiger partial charge in [-0.1, -0.05) is 29.8 Å². The molecule has 0 fully saturated rings. The predicted octanol–water partition coefficient (Wildman–Crippen LogP) is 4.50. The minimum Gasteiger partial charge on any atom is -0.487 e. The Morgan fingerprint density at radius 2 is 1.87 bits per heavy atom. The molecule has 0 saturated carbocycles. The fourth-order valence-corrected chi connectivity index (χ4v) is 2.32. The maximum Gasteiger partial charge on any atom is 0.438 e. The lowest BCUT2D eigenvalue weighted by Gasteiger charge is -2.18. The average molecular weight is 336 g/mol. The van der Waals surface area contributed by atoms with Crippen molar-refractivity contribution < 1.29 is 19.5 Å². The molecular formula is C17H18ClNO4. The molecule has 0 atom stereocenters. The van der Waals surface area contributed by atoms with Crippen molar-refractivity contribution in [2.24, 2.45) is 0 Å². The summed E-state index contributed by atoms with van der Waals surface area (Å²) in [4.78, 5) is 11.5. The van der Waals surface area contributed by atoms with Gasteiger partial charge in [0.2, 0.25) is 0 Å². The maximum absolute atomic E-state index is 11.5. The molecule has 122 valence electrons. The van der Waals surface area contributed by atoms with Crippen LogP contribution >= 0.6 is 11.6 Å². The van der Waals surface area contributed by atoms with E-state index >= 15 is 0 Å². The highest BCUT2D eigenvalue weighted by Gasteiger charge is 2.17. The highest BCUT2D eigenvalue weighted by molar-refractivity contribution is 6.32. The van der Waals surface area contributed by atoms with Crippen molar-refractivity contribution in [2.75, 3.05) is 12.2 Å². The summed E-state index contributed by atoms with van der Waals surface area (Å²) in [5.74, 6) is 0.548. The molecule has 2 aromatic rings. The third kappa shape index (κ3) is 3.94. The number of carbonyl (C=O) groups is 1. The summed E-state index contributed by atoms with van der Waals surface area (Å²) in [6.07, 6.45) is -0.873. The first-order valence-electron chi connectivity index (χ1n) is 6.98. The van der Waals surface area contributed by atoms with Gasteiger partial charge in [-0.15, -0.1) is 0 Å². The maximum atomic E-state index is 11.5. The van der Waals surface area contributed by atoms with E-state index in [1.54, 1.807) is 24.3 Å². The van der Waals surface area contributed by atoms with Gasteiger partial charge in [0.05, 0.1) is 17.8 Å². The van der Waals surface area contributed by atoms with E-state index in [-0.39, 0.29) is 6.61 Å². The normalized spacial score (nSPS) is 10.3. The number of rotatable bonds is 4. The Hall–Kier alpha value is -2.24. The molecule has 0 aromatic heterocycles. The van der Waals surface area contributed by atoms with E-state index in [0.717, 1.165) is 11.1 Å². The molecular weight excluding hydrogens is 318 g/mol. The van der Waals surface area contributed by atoms with E-state index in [0.29, 0.717) is 27.1 Å². The van der Waals surface area contributed by atoms with E-state index in [2.05, 4.69) is 4.74 Å². The number of hydroxylamine groups is 1. The fourth-order valence-electron chi connectivity index (χ4n) is 2.04. The second-order valence-corrected chi connectivity index (χ2v) is 5.47. The number of anilines is 1. The van der Waals surface area contributed by atoms with Gasteiger partial charge in [0, 0.05) is 5.56 Å². The standard InChI is InChI=1S/C17H18ClNO4/c1-11-8-14(18)16(9-12(11)2)23-10-13-6-4-5-7-15(13)19(21)17(20)22-3/h4-9,21H,10H2,1-3H3. The van der Waals surface area contributed by atoms with Gasteiger partial charge < -0.3 is 9.47 Å². The SMILES string of the molecule is COC(=O)N(O)c1ccccc1COc1cc(C)c(C)cc1Cl.